The Kier molecular flexibility index (Phi) is 9.20. The maximum absolute atomic E-state index is 12.2. The lowest BCUT2D eigenvalue weighted by molar-refractivity contribution is -0.137. The Balaban J connectivity index is 0.00000164. The van der Waals surface area contributed by atoms with Gasteiger partial charge in [0, 0.05) is 49.7 Å². The van der Waals surface area contributed by atoms with Crippen LogP contribution in [-0.4, -0.2) is 65.2 Å². The Morgan fingerprint density at radius 1 is 1.13 bits per heavy atom. The van der Waals surface area contributed by atoms with Crippen molar-refractivity contribution in [2.45, 2.75) is 58.3 Å². The Hall–Kier alpha value is -3.62. The number of aldehydes is 1. The number of benzene rings is 2. The van der Waals surface area contributed by atoms with Gasteiger partial charge in [-0.05, 0) is 67.4 Å². The van der Waals surface area contributed by atoms with E-state index in [9.17, 15) is 14.4 Å². The van der Waals surface area contributed by atoms with Crippen molar-refractivity contribution in [2.75, 3.05) is 20.1 Å². The highest BCUT2D eigenvalue weighted by molar-refractivity contribution is 6.00. The minimum atomic E-state index is -0.402. The van der Waals surface area contributed by atoms with Gasteiger partial charge >= 0.3 is 0 Å². The van der Waals surface area contributed by atoms with Crippen molar-refractivity contribution in [3.8, 4) is 5.75 Å². The molecule has 2 aliphatic heterocycles. The zero-order valence-electron chi connectivity index (χ0n) is 22.4. The number of pyridine rings is 1. The number of hydrogen-bond acceptors (Lipinski definition) is 7. The highest BCUT2D eigenvalue weighted by Gasteiger charge is 2.30. The molecule has 2 aliphatic rings. The number of aromatic nitrogens is 1. The molecule has 8 heteroatoms. The van der Waals surface area contributed by atoms with Crippen molar-refractivity contribution >= 4 is 29.0 Å². The van der Waals surface area contributed by atoms with Crippen molar-refractivity contribution in [1.29, 1.82) is 0 Å². The number of imide groups is 1. The molecule has 8 nitrogen and oxygen atoms in total. The molecule has 2 aromatic carbocycles. The summed E-state index contributed by atoms with van der Waals surface area (Å²) in [7, 11) is 1.83. The second-order valence-corrected chi connectivity index (χ2v) is 9.65. The summed E-state index contributed by atoms with van der Waals surface area (Å²) in [5.74, 6) is 0.190. The summed E-state index contributed by atoms with van der Waals surface area (Å²) in [6, 6.07) is 15.5. The molecule has 5 rings (SSSR count). The second kappa shape index (κ2) is 12.8. The van der Waals surface area contributed by atoms with E-state index in [1.807, 2.05) is 50.2 Å². The van der Waals surface area contributed by atoms with Crippen LogP contribution in [0.25, 0.3) is 10.9 Å². The van der Waals surface area contributed by atoms with Crippen molar-refractivity contribution in [2.24, 2.45) is 0 Å². The molecule has 2 amide bonds. The molecule has 3 aromatic rings. The molecule has 0 bridgehead atoms. The third-order valence-corrected chi connectivity index (χ3v) is 7.01. The summed E-state index contributed by atoms with van der Waals surface area (Å²) < 4.78 is 6.31. The second-order valence-electron chi connectivity index (χ2n) is 9.65. The first-order valence-corrected chi connectivity index (χ1v) is 13.3. The van der Waals surface area contributed by atoms with Crippen LogP contribution in [-0.2, 0) is 22.7 Å². The first-order valence-electron chi connectivity index (χ1n) is 13.3. The molecule has 0 radical (unpaired) electrons. The number of piperidine rings is 1. The third kappa shape index (κ3) is 6.62. The average molecular weight is 517 g/mol. The van der Waals surface area contributed by atoms with Crippen LogP contribution in [0.2, 0.25) is 0 Å². The van der Waals surface area contributed by atoms with Gasteiger partial charge in [-0.15, -0.1) is 0 Å². The monoisotopic (exact) mass is 516 g/mol. The quantitative estimate of drug-likeness (QED) is 0.358. The molecule has 2 fully saturated rings. The van der Waals surface area contributed by atoms with Crippen molar-refractivity contribution in [3.63, 3.8) is 0 Å². The van der Waals surface area contributed by atoms with Crippen molar-refractivity contribution < 1.29 is 19.1 Å². The van der Waals surface area contributed by atoms with E-state index in [0.717, 1.165) is 54.6 Å². The maximum Gasteiger partial charge on any atom is 0.243 e. The van der Waals surface area contributed by atoms with Crippen LogP contribution in [0.4, 0.5) is 0 Å². The number of fused-ring (bicyclic) bond motifs is 1. The molecule has 2 unspecified atom stereocenters. The molecular weight excluding hydrogens is 480 g/mol. The number of likely N-dealkylation sites (tertiary alicyclic amines) is 1. The Bertz CT molecular complexity index is 1290. The number of nitrogens with zero attached hydrogens (tertiary/aromatic N) is 3. The summed E-state index contributed by atoms with van der Waals surface area (Å²) in [5, 5.41) is 3.54. The normalized spacial score (nSPS) is 19.7. The minimum absolute atomic E-state index is 0.0647. The number of rotatable bonds is 8. The van der Waals surface area contributed by atoms with Gasteiger partial charge < -0.3 is 4.74 Å². The highest BCUT2D eigenvalue weighted by atomic mass is 16.5. The number of likely N-dealkylation sites (N-methyl/N-ethyl adjacent to an activating group) is 1. The van der Waals surface area contributed by atoms with Gasteiger partial charge in [-0.1, -0.05) is 26.0 Å². The summed E-state index contributed by atoms with van der Waals surface area (Å²) in [4.78, 5) is 44.0. The van der Waals surface area contributed by atoms with Gasteiger partial charge in [0.1, 0.15) is 18.1 Å². The van der Waals surface area contributed by atoms with E-state index in [4.69, 9.17) is 4.74 Å². The largest absolute Gasteiger partial charge is 0.489 e. The molecule has 0 aliphatic carbocycles. The van der Waals surface area contributed by atoms with Crippen LogP contribution in [0.1, 0.15) is 54.6 Å². The summed E-state index contributed by atoms with van der Waals surface area (Å²) in [6.07, 6.45) is 4.42. The third-order valence-electron chi connectivity index (χ3n) is 7.01. The summed E-state index contributed by atoms with van der Waals surface area (Å²) in [6.45, 7) is 7.04. The van der Waals surface area contributed by atoms with Gasteiger partial charge in [0.25, 0.3) is 0 Å². The van der Waals surface area contributed by atoms with E-state index < -0.39 is 6.04 Å². The molecule has 0 saturated carbocycles. The number of ether oxygens (including phenoxy) is 1. The maximum atomic E-state index is 12.2. The molecule has 3 heterocycles. The fourth-order valence-corrected chi connectivity index (χ4v) is 5.10. The van der Waals surface area contributed by atoms with E-state index >= 15 is 0 Å². The molecule has 38 heavy (non-hydrogen) atoms. The zero-order chi connectivity index (χ0) is 27.1. The van der Waals surface area contributed by atoms with Gasteiger partial charge in [-0.3, -0.25) is 34.5 Å². The Labute approximate surface area is 224 Å². The predicted molar refractivity (Wildman–Crippen MR) is 147 cm³/mol. The number of nitrogens with one attached hydrogen (secondary N) is 1. The molecule has 1 N–H and O–H groups in total. The van der Waals surface area contributed by atoms with Crippen LogP contribution < -0.4 is 10.1 Å². The molecule has 0 spiro atoms. The molecule has 2 saturated heterocycles. The number of hydrogen-bond donors (Lipinski definition) is 1. The van der Waals surface area contributed by atoms with Crippen LogP contribution in [0, 0.1) is 0 Å². The Morgan fingerprint density at radius 2 is 1.97 bits per heavy atom. The number of carbonyl (C=O) groups excluding carboxylic acids is 3. The van der Waals surface area contributed by atoms with E-state index in [2.05, 4.69) is 39.5 Å². The predicted octanol–water partition coefficient (Wildman–Crippen LogP) is 3.96. The minimum Gasteiger partial charge on any atom is -0.489 e. The fourth-order valence-electron chi connectivity index (χ4n) is 5.10. The highest BCUT2D eigenvalue weighted by Crippen LogP contribution is 2.25. The van der Waals surface area contributed by atoms with E-state index in [0.29, 0.717) is 24.9 Å². The first-order chi connectivity index (χ1) is 18.5. The SMILES string of the molecule is CC.CN(Cc1cc(OC2CCN(Cc3ccc4ncccc4c3)C2)ccc1C=O)C1CCC(=O)NC1=O. The summed E-state index contributed by atoms with van der Waals surface area (Å²) in [5.41, 5.74) is 3.63. The van der Waals surface area contributed by atoms with E-state index in [1.165, 1.54) is 5.56 Å². The summed E-state index contributed by atoms with van der Waals surface area (Å²) >= 11 is 0. The molecule has 2 atom stereocenters. The van der Waals surface area contributed by atoms with Crippen LogP contribution in [0.5, 0.6) is 5.75 Å². The van der Waals surface area contributed by atoms with Crippen molar-refractivity contribution in [1.82, 2.24) is 20.1 Å². The molecule has 1 aromatic heterocycles. The van der Waals surface area contributed by atoms with Crippen molar-refractivity contribution in [3.05, 3.63) is 71.4 Å². The molecule has 200 valence electrons. The average Bonchev–Trinajstić information content (AvgIpc) is 3.36. The van der Waals surface area contributed by atoms with Crippen LogP contribution in [0.15, 0.2) is 54.7 Å². The van der Waals surface area contributed by atoms with Gasteiger partial charge in [-0.25, -0.2) is 0 Å². The topological polar surface area (TPSA) is 91.8 Å². The van der Waals surface area contributed by atoms with Gasteiger partial charge in [0.2, 0.25) is 11.8 Å². The number of carbonyl (C=O) groups is 3. The van der Waals surface area contributed by atoms with Gasteiger partial charge in [0.05, 0.1) is 11.6 Å². The smallest absolute Gasteiger partial charge is 0.243 e. The molecular formula is C30H36N4O4. The van der Waals surface area contributed by atoms with E-state index in [1.54, 1.807) is 6.07 Å². The van der Waals surface area contributed by atoms with Crippen LogP contribution in [0.3, 0.4) is 0 Å². The zero-order valence-corrected chi connectivity index (χ0v) is 22.4. The Morgan fingerprint density at radius 3 is 2.76 bits per heavy atom. The van der Waals surface area contributed by atoms with Gasteiger partial charge in [0.15, 0.2) is 0 Å². The fraction of sp³-hybridized carbons (Fsp3) is 0.400. The first kappa shape index (κ1) is 27.4. The standard InChI is InChI=1S/C28H30N4O4.C2H6/c1-31(26-8-9-27(34)30-28(26)35)16-22-14-23(6-5-21(22)18-33)36-24-10-12-32(17-24)15-19-4-7-25-20(13-19)3-2-11-29-25;1-2/h2-7,11,13-14,18,24,26H,8-10,12,15-17H2,1H3,(H,30,34,35);1-2H3. The lowest BCUT2D eigenvalue weighted by Crippen LogP contribution is -2.51. The van der Waals surface area contributed by atoms with E-state index in [-0.39, 0.29) is 17.9 Å². The number of amides is 2. The lowest BCUT2D eigenvalue weighted by atomic mass is 10.0. The lowest BCUT2D eigenvalue weighted by Gasteiger charge is -2.30. The van der Waals surface area contributed by atoms with Gasteiger partial charge in [-0.2, -0.15) is 0 Å². The van der Waals surface area contributed by atoms with Crippen LogP contribution >= 0.6 is 0 Å².